The number of aryl methyl sites for hydroxylation is 1. The Labute approximate surface area is 172 Å². The Hall–Kier alpha value is -2.84. The fourth-order valence-corrected chi connectivity index (χ4v) is 2.07. The molecule has 3 heterocycles. The molecule has 10 heteroatoms. The van der Waals surface area contributed by atoms with Gasteiger partial charge in [-0.05, 0) is 24.2 Å². The summed E-state index contributed by atoms with van der Waals surface area (Å²) in [6.07, 6.45) is 0.640. The van der Waals surface area contributed by atoms with Crippen molar-refractivity contribution >= 4 is 0 Å². The molecule has 4 aromatic rings. The van der Waals surface area contributed by atoms with Crippen molar-refractivity contribution in [3.63, 3.8) is 0 Å². The zero-order valence-corrected chi connectivity index (χ0v) is 16.8. The molecule has 0 atom stereocenters. The van der Waals surface area contributed by atoms with Crippen LogP contribution in [0.2, 0.25) is 0 Å². The number of hydrogen-bond acceptors (Lipinski definition) is 4. The summed E-state index contributed by atoms with van der Waals surface area (Å²) in [6, 6.07) is 15.7. The molecular weight excluding hydrogens is 549 g/mol. The normalized spacial score (nSPS) is 10.6. The van der Waals surface area contributed by atoms with Crippen molar-refractivity contribution < 1.29 is 33.3 Å². The van der Waals surface area contributed by atoms with Crippen molar-refractivity contribution in [1.82, 2.24) is 29.7 Å². The minimum absolute atomic E-state index is 0. The molecule has 0 amide bonds. The second-order valence-corrected chi connectivity index (χ2v) is 5.37. The summed E-state index contributed by atoms with van der Waals surface area (Å²) in [5, 5.41) is 6.25. The molecule has 0 aliphatic rings. The van der Waals surface area contributed by atoms with Crippen LogP contribution in [0.25, 0.3) is 22.8 Å². The number of rotatable bonds is 2. The van der Waals surface area contributed by atoms with E-state index in [1.54, 1.807) is 18.5 Å². The summed E-state index contributed by atoms with van der Waals surface area (Å²) in [5.74, 6) is -1.37. The van der Waals surface area contributed by atoms with E-state index in [2.05, 4.69) is 31.2 Å². The van der Waals surface area contributed by atoms with Crippen molar-refractivity contribution in [3.8, 4) is 22.8 Å². The molecule has 1 radical (unpaired) electrons. The average Bonchev–Trinajstić information content (AvgIpc) is 3.33. The third-order valence-corrected chi connectivity index (χ3v) is 3.29. The molecule has 28 heavy (non-hydrogen) atoms. The van der Waals surface area contributed by atoms with Gasteiger partial charge in [-0.15, -0.1) is 35.9 Å². The predicted octanol–water partition coefficient (Wildman–Crippen LogP) is 3.40. The first kappa shape index (κ1) is 21.5. The standard InChI is InChI=1S/C10H9N2.C8H4F3N4.Ir/c1-12-7-10(11-8-12)9-5-3-2-4-6-9;9-8(10,11)7-13-6(14-15-7)5-3-1-2-4-12-5;/h2-5,7-8H,1H3;1-4H;/q2*-1;. The smallest absolute Gasteiger partial charge is 0.413 e. The summed E-state index contributed by atoms with van der Waals surface area (Å²) in [7, 11) is 1.96. The van der Waals surface area contributed by atoms with Crippen molar-refractivity contribution in [2.45, 2.75) is 6.18 Å². The molecule has 6 nitrogen and oxygen atoms in total. The molecule has 1 aromatic carbocycles. The monoisotopic (exact) mass is 563 g/mol. The van der Waals surface area contributed by atoms with Crippen LogP contribution < -0.4 is 5.10 Å². The van der Waals surface area contributed by atoms with Crippen LogP contribution >= 0.6 is 0 Å². The molecule has 0 saturated carbocycles. The van der Waals surface area contributed by atoms with Crippen LogP contribution in [0.15, 0.2) is 61.2 Å². The van der Waals surface area contributed by atoms with Gasteiger partial charge in [0.1, 0.15) is 5.82 Å². The Morgan fingerprint density at radius 3 is 2.36 bits per heavy atom. The Bertz CT molecular complexity index is 983. The number of benzene rings is 1. The van der Waals surface area contributed by atoms with Gasteiger partial charge in [0.15, 0.2) is 0 Å². The molecule has 4 rings (SSSR count). The van der Waals surface area contributed by atoms with E-state index in [0.29, 0.717) is 0 Å². The van der Waals surface area contributed by atoms with E-state index in [0.717, 1.165) is 11.3 Å². The van der Waals surface area contributed by atoms with Crippen LogP contribution in [-0.4, -0.2) is 24.6 Å². The van der Waals surface area contributed by atoms with Crippen LogP contribution in [0.4, 0.5) is 13.2 Å². The van der Waals surface area contributed by atoms with Crippen LogP contribution in [0.5, 0.6) is 0 Å². The Morgan fingerprint density at radius 1 is 1.04 bits per heavy atom. The van der Waals surface area contributed by atoms with Gasteiger partial charge in [0.25, 0.3) is 0 Å². The summed E-state index contributed by atoms with van der Waals surface area (Å²) in [5.41, 5.74) is 2.27. The summed E-state index contributed by atoms with van der Waals surface area (Å²) in [4.78, 5) is 11.3. The summed E-state index contributed by atoms with van der Waals surface area (Å²) in [6.45, 7) is 0. The minimum atomic E-state index is -4.57. The van der Waals surface area contributed by atoms with E-state index in [4.69, 9.17) is 0 Å². The topological polar surface area (TPSA) is 70.6 Å². The first-order chi connectivity index (χ1) is 12.9. The van der Waals surface area contributed by atoms with E-state index >= 15 is 0 Å². The van der Waals surface area contributed by atoms with Crippen molar-refractivity contribution in [1.29, 1.82) is 0 Å². The number of nitrogens with zero attached hydrogens (tertiary/aromatic N) is 6. The van der Waals surface area contributed by atoms with Crippen LogP contribution in [0.1, 0.15) is 5.82 Å². The Balaban J connectivity index is 0.000000198. The van der Waals surface area contributed by atoms with Gasteiger partial charge >= 0.3 is 6.18 Å². The molecule has 0 fully saturated rings. The summed E-state index contributed by atoms with van der Waals surface area (Å²) < 4.78 is 38.3. The first-order valence-corrected chi connectivity index (χ1v) is 7.74. The maximum Gasteiger partial charge on any atom is 0.429 e. The van der Waals surface area contributed by atoms with E-state index < -0.39 is 12.0 Å². The van der Waals surface area contributed by atoms with Crippen molar-refractivity contribution in [2.75, 3.05) is 0 Å². The Morgan fingerprint density at radius 2 is 1.82 bits per heavy atom. The molecule has 0 saturated heterocycles. The molecular formula is C18H13F3IrN6-2. The zero-order chi connectivity index (χ0) is 19.3. The number of halogens is 3. The van der Waals surface area contributed by atoms with Gasteiger partial charge in [-0.1, -0.05) is 6.07 Å². The predicted molar refractivity (Wildman–Crippen MR) is 91.1 cm³/mol. The SMILES string of the molecule is Cn1cnc(-c2[c-]cccc2)c1.FC(F)(F)c1n[n-]c(-c2ccccn2)n1.[Ir]. The van der Waals surface area contributed by atoms with E-state index in [1.807, 2.05) is 42.1 Å². The van der Waals surface area contributed by atoms with E-state index in [-0.39, 0.29) is 31.6 Å². The maximum atomic E-state index is 12.1. The molecule has 147 valence electrons. The fourth-order valence-electron chi connectivity index (χ4n) is 2.07. The van der Waals surface area contributed by atoms with Crippen molar-refractivity contribution in [2.24, 2.45) is 7.05 Å². The van der Waals surface area contributed by atoms with Gasteiger partial charge in [0.2, 0.25) is 0 Å². The number of aromatic nitrogens is 6. The van der Waals surface area contributed by atoms with Gasteiger partial charge in [0, 0.05) is 39.0 Å². The van der Waals surface area contributed by atoms with Gasteiger partial charge in [-0.2, -0.15) is 13.2 Å². The second-order valence-electron chi connectivity index (χ2n) is 5.37. The van der Waals surface area contributed by atoms with Crippen molar-refractivity contribution in [3.05, 3.63) is 73.1 Å². The van der Waals surface area contributed by atoms with Crippen LogP contribution in [0, 0.1) is 6.07 Å². The molecule has 0 N–H and O–H groups in total. The number of pyridine rings is 1. The molecule has 0 spiro atoms. The Kier molecular flexibility index (Phi) is 7.19. The summed E-state index contributed by atoms with van der Waals surface area (Å²) >= 11 is 0. The van der Waals surface area contributed by atoms with E-state index in [1.165, 1.54) is 12.3 Å². The third-order valence-electron chi connectivity index (χ3n) is 3.29. The van der Waals surface area contributed by atoms with Crippen LogP contribution in [-0.2, 0) is 33.3 Å². The minimum Gasteiger partial charge on any atom is -0.413 e. The number of alkyl halides is 3. The van der Waals surface area contributed by atoms with Gasteiger partial charge < -0.3 is 14.6 Å². The first-order valence-electron chi connectivity index (χ1n) is 7.74. The third kappa shape index (κ3) is 5.58. The molecule has 0 aliphatic carbocycles. The van der Waals surface area contributed by atoms with Gasteiger partial charge in [-0.3, -0.25) is 15.1 Å². The second kappa shape index (κ2) is 9.38. The van der Waals surface area contributed by atoms with Crippen LogP contribution in [0.3, 0.4) is 0 Å². The number of imidazole rings is 1. The molecule has 0 bridgehead atoms. The maximum absolute atomic E-state index is 12.1. The fraction of sp³-hybridized carbons (Fsp3) is 0.111. The molecule has 0 unspecified atom stereocenters. The largest absolute Gasteiger partial charge is 0.429 e. The van der Waals surface area contributed by atoms with Gasteiger partial charge in [-0.25, -0.2) is 0 Å². The average molecular weight is 563 g/mol. The zero-order valence-electron chi connectivity index (χ0n) is 14.4. The molecule has 0 aliphatic heterocycles. The van der Waals surface area contributed by atoms with E-state index in [9.17, 15) is 13.2 Å². The van der Waals surface area contributed by atoms with Gasteiger partial charge in [0.05, 0.1) is 12.0 Å². The molecule has 3 aromatic heterocycles. The quantitative estimate of drug-likeness (QED) is 0.351. The number of hydrogen-bond donors (Lipinski definition) is 0.